The highest BCUT2D eigenvalue weighted by Crippen LogP contribution is 2.44. The van der Waals surface area contributed by atoms with Crippen LogP contribution in [0.3, 0.4) is 0 Å². The topological polar surface area (TPSA) is 55.9 Å². The van der Waals surface area contributed by atoms with Crippen LogP contribution in [0.4, 0.5) is 5.69 Å². The lowest BCUT2D eigenvalue weighted by Gasteiger charge is -2.18. The summed E-state index contributed by atoms with van der Waals surface area (Å²) in [7, 11) is 0. The number of aromatic nitrogens is 4. The second-order valence-electron chi connectivity index (χ2n) is 16.5. The Bertz CT molecular complexity index is 3870. The van der Waals surface area contributed by atoms with E-state index in [-0.39, 0.29) is 0 Å². The first-order valence-electron chi connectivity index (χ1n) is 22.0. The van der Waals surface area contributed by atoms with Crippen LogP contribution < -0.4 is 0 Å². The molecule has 0 fully saturated rings. The molecule has 5 heteroatoms. The van der Waals surface area contributed by atoms with E-state index in [9.17, 15) is 0 Å². The SMILES string of the molecule is [C-]#[N+]c1ccc(-c2ccc(-c3cc4c5cccnc5c(-c5cccc(-c6nc(-c7ccccc7)nc(-c7cccc(-c8ccccc8)c7)n6)c5)cc4c4ccccc34)c3ccccc23)cc1. The molecule has 0 aliphatic rings. The monoisotopic (exact) mass is 839 g/mol. The van der Waals surface area contributed by atoms with Crippen LogP contribution in [0.15, 0.2) is 225 Å². The summed E-state index contributed by atoms with van der Waals surface area (Å²) in [6, 6.07) is 76.0. The predicted molar refractivity (Wildman–Crippen MR) is 272 cm³/mol. The minimum atomic E-state index is 0.595. The van der Waals surface area contributed by atoms with Crippen molar-refractivity contribution in [2.24, 2.45) is 0 Å². The number of fused-ring (bicyclic) bond motifs is 6. The van der Waals surface area contributed by atoms with Crippen molar-refractivity contribution in [1.29, 1.82) is 0 Å². The van der Waals surface area contributed by atoms with Gasteiger partial charge in [-0.05, 0) is 102 Å². The van der Waals surface area contributed by atoms with Gasteiger partial charge in [0.15, 0.2) is 23.2 Å². The van der Waals surface area contributed by atoms with Gasteiger partial charge in [0.25, 0.3) is 0 Å². The number of hydrogen-bond acceptors (Lipinski definition) is 4. The maximum absolute atomic E-state index is 7.45. The van der Waals surface area contributed by atoms with Gasteiger partial charge in [-0.2, -0.15) is 0 Å². The van der Waals surface area contributed by atoms with Crippen LogP contribution in [0.1, 0.15) is 0 Å². The lowest BCUT2D eigenvalue weighted by Crippen LogP contribution is -2.00. The van der Waals surface area contributed by atoms with Crippen LogP contribution in [-0.4, -0.2) is 19.9 Å². The van der Waals surface area contributed by atoms with Crippen molar-refractivity contribution >= 4 is 48.9 Å². The summed E-state index contributed by atoms with van der Waals surface area (Å²) in [6.45, 7) is 7.45. The van der Waals surface area contributed by atoms with Crippen LogP contribution in [-0.2, 0) is 0 Å². The molecule has 0 saturated carbocycles. The van der Waals surface area contributed by atoms with Gasteiger partial charge in [0.2, 0.25) is 0 Å². The highest BCUT2D eigenvalue weighted by Gasteiger charge is 2.19. The van der Waals surface area contributed by atoms with E-state index in [1.165, 1.54) is 27.1 Å². The molecule has 0 amide bonds. The summed E-state index contributed by atoms with van der Waals surface area (Å²) in [6.07, 6.45) is 1.88. The molecule has 0 aliphatic carbocycles. The molecule has 0 spiro atoms. The zero-order valence-electron chi connectivity index (χ0n) is 35.6. The summed E-state index contributed by atoms with van der Waals surface area (Å²) in [4.78, 5) is 24.0. The van der Waals surface area contributed by atoms with Gasteiger partial charge in [-0.1, -0.05) is 188 Å². The molecule has 306 valence electrons. The Morgan fingerprint density at radius 3 is 1.45 bits per heavy atom. The summed E-state index contributed by atoms with van der Waals surface area (Å²) in [5.74, 6) is 1.82. The molecule has 0 saturated heterocycles. The normalized spacial score (nSPS) is 11.3. The lowest BCUT2D eigenvalue weighted by atomic mass is 9.86. The largest absolute Gasteiger partial charge is 0.256 e. The zero-order valence-corrected chi connectivity index (χ0v) is 35.6. The van der Waals surface area contributed by atoms with Gasteiger partial charge in [-0.15, -0.1) is 0 Å². The molecule has 66 heavy (non-hydrogen) atoms. The van der Waals surface area contributed by atoms with Gasteiger partial charge >= 0.3 is 0 Å². The van der Waals surface area contributed by atoms with E-state index in [0.29, 0.717) is 23.2 Å². The average Bonchev–Trinajstić information content (AvgIpc) is 3.40. The van der Waals surface area contributed by atoms with E-state index in [0.717, 1.165) is 77.3 Å². The first-order chi connectivity index (χ1) is 32.7. The molecule has 0 radical (unpaired) electrons. The van der Waals surface area contributed by atoms with E-state index in [2.05, 4.69) is 157 Å². The van der Waals surface area contributed by atoms with Gasteiger partial charge in [0, 0.05) is 33.8 Å². The zero-order chi connectivity index (χ0) is 44.0. The molecule has 2 aromatic heterocycles. The van der Waals surface area contributed by atoms with Crippen molar-refractivity contribution in [3.8, 4) is 78.7 Å². The predicted octanol–water partition coefficient (Wildman–Crippen LogP) is 16.1. The van der Waals surface area contributed by atoms with Crippen molar-refractivity contribution in [1.82, 2.24) is 19.9 Å². The Morgan fingerprint density at radius 2 is 0.773 bits per heavy atom. The Kier molecular flexibility index (Phi) is 9.48. The lowest BCUT2D eigenvalue weighted by molar-refractivity contribution is 1.07. The highest BCUT2D eigenvalue weighted by atomic mass is 15.0. The Morgan fingerprint density at radius 1 is 0.288 bits per heavy atom. The third kappa shape index (κ3) is 6.82. The molecule has 2 heterocycles. The number of pyridine rings is 1. The van der Waals surface area contributed by atoms with Crippen molar-refractivity contribution in [3.05, 3.63) is 236 Å². The van der Waals surface area contributed by atoms with Crippen LogP contribution in [0.5, 0.6) is 0 Å². The van der Waals surface area contributed by atoms with Gasteiger partial charge in [0.1, 0.15) is 0 Å². The summed E-state index contributed by atoms with van der Waals surface area (Å²) >= 11 is 0. The second-order valence-corrected chi connectivity index (χ2v) is 16.5. The van der Waals surface area contributed by atoms with Crippen molar-refractivity contribution in [2.75, 3.05) is 0 Å². The number of rotatable bonds is 7. The quantitative estimate of drug-likeness (QED) is 0.118. The molecule has 5 nitrogen and oxygen atoms in total. The van der Waals surface area contributed by atoms with Crippen molar-refractivity contribution < 1.29 is 0 Å². The van der Waals surface area contributed by atoms with Gasteiger partial charge in [0.05, 0.1) is 12.1 Å². The number of benzene rings is 10. The Labute approximate surface area is 381 Å². The van der Waals surface area contributed by atoms with E-state index >= 15 is 0 Å². The molecule has 0 N–H and O–H groups in total. The van der Waals surface area contributed by atoms with Gasteiger partial charge < -0.3 is 0 Å². The van der Waals surface area contributed by atoms with Gasteiger partial charge in [-0.25, -0.2) is 19.8 Å². The summed E-state index contributed by atoms with van der Waals surface area (Å²) in [5, 5.41) is 8.06. The highest BCUT2D eigenvalue weighted by molar-refractivity contribution is 6.24. The number of nitrogens with zero attached hydrogens (tertiary/aromatic N) is 5. The summed E-state index contributed by atoms with van der Waals surface area (Å²) in [5.41, 5.74) is 13.1. The Hall–Kier alpha value is -9.11. The first-order valence-corrected chi connectivity index (χ1v) is 22.0. The fourth-order valence-corrected chi connectivity index (χ4v) is 9.41. The molecule has 0 atom stereocenters. The van der Waals surface area contributed by atoms with Crippen molar-refractivity contribution in [3.63, 3.8) is 0 Å². The fraction of sp³-hybridized carbons (Fsp3) is 0. The van der Waals surface area contributed by atoms with Gasteiger partial charge in [-0.3, -0.25) is 4.98 Å². The number of hydrogen-bond donors (Lipinski definition) is 0. The van der Waals surface area contributed by atoms with Crippen LogP contribution in [0.2, 0.25) is 0 Å². The Balaban J connectivity index is 1.02. The van der Waals surface area contributed by atoms with E-state index in [4.69, 9.17) is 26.5 Å². The van der Waals surface area contributed by atoms with Crippen LogP contribution in [0.25, 0.3) is 127 Å². The van der Waals surface area contributed by atoms with Crippen LogP contribution in [0, 0.1) is 6.57 Å². The third-order valence-electron chi connectivity index (χ3n) is 12.6. The maximum Gasteiger partial charge on any atom is 0.187 e. The van der Waals surface area contributed by atoms with Crippen molar-refractivity contribution in [2.45, 2.75) is 0 Å². The minimum Gasteiger partial charge on any atom is -0.256 e. The van der Waals surface area contributed by atoms with E-state index in [1.807, 2.05) is 72.9 Å². The van der Waals surface area contributed by atoms with Crippen LogP contribution >= 0.6 is 0 Å². The van der Waals surface area contributed by atoms with E-state index in [1.54, 1.807) is 0 Å². The molecule has 10 aromatic carbocycles. The molecule has 12 rings (SSSR count). The second kappa shape index (κ2) is 16.2. The molecular formula is C61H37N5. The van der Waals surface area contributed by atoms with E-state index < -0.39 is 0 Å². The third-order valence-corrected chi connectivity index (χ3v) is 12.6. The molecule has 0 aliphatic heterocycles. The maximum atomic E-state index is 7.45. The molecule has 0 bridgehead atoms. The molecular weight excluding hydrogens is 803 g/mol. The molecule has 12 aromatic rings. The molecule has 0 unspecified atom stereocenters. The standard InChI is InChI=1S/C61H37N5/c1-62-46-30-28-40(29-31-46)47-32-33-52(49-24-9-8-23-48(47)49)55-38-57-53-27-14-34-63-58(53)54(37-56(57)51-26-11-10-25-50(51)55)43-20-13-22-45(36-43)61-65-59(41-17-6-3-7-18-41)64-60(66-61)44-21-12-19-42(35-44)39-15-4-2-5-16-39/h2-38H. The average molecular weight is 840 g/mol. The minimum absolute atomic E-state index is 0.595. The fourth-order valence-electron chi connectivity index (χ4n) is 9.41. The smallest absolute Gasteiger partial charge is 0.187 e. The first kappa shape index (κ1) is 38.6. The summed E-state index contributed by atoms with van der Waals surface area (Å²) < 4.78 is 0.